The van der Waals surface area contributed by atoms with Crippen LogP contribution in [0.5, 0.6) is 0 Å². The molecule has 6 heteroatoms. The van der Waals surface area contributed by atoms with E-state index in [1.807, 2.05) is 29.2 Å². The van der Waals surface area contributed by atoms with E-state index in [4.69, 9.17) is 11.6 Å². The molecule has 2 fully saturated rings. The van der Waals surface area contributed by atoms with Crippen molar-refractivity contribution in [2.45, 2.75) is 57.5 Å². The minimum Gasteiger partial charge on any atom is -0.355 e. The first-order valence-corrected chi connectivity index (χ1v) is 10.4. The van der Waals surface area contributed by atoms with Crippen molar-refractivity contribution in [3.05, 3.63) is 34.9 Å². The molecular formula is C21H30ClN3O2. The molecule has 2 heterocycles. The summed E-state index contributed by atoms with van der Waals surface area (Å²) in [5.74, 6) is 0.218. The Hall–Kier alpha value is -1.59. The zero-order valence-corrected chi connectivity index (χ0v) is 17.1. The Morgan fingerprint density at radius 3 is 2.52 bits per heavy atom. The Morgan fingerprint density at radius 1 is 1.19 bits per heavy atom. The fourth-order valence-electron chi connectivity index (χ4n) is 4.43. The highest BCUT2D eigenvalue weighted by atomic mass is 35.5. The largest absolute Gasteiger partial charge is 0.355 e. The number of benzene rings is 1. The lowest BCUT2D eigenvalue weighted by Gasteiger charge is -2.45. The zero-order chi connectivity index (χ0) is 19.4. The fourth-order valence-corrected chi connectivity index (χ4v) is 4.55. The van der Waals surface area contributed by atoms with Gasteiger partial charge in [0.15, 0.2) is 0 Å². The molecule has 0 saturated carbocycles. The van der Waals surface area contributed by atoms with Gasteiger partial charge >= 0.3 is 0 Å². The van der Waals surface area contributed by atoms with E-state index in [1.165, 1.54) is 0 Å². The number of hydrogen-bond acceptors (Lipinski definition) is 3. The van der Waals surface area contributed by atoms with Crippen molar-refractivity contribution in [3.63, 3.8) is 0 Å². The number of rotatable bonds is 6. The Morgan fingerprint density at radius 2 is 1.85 bits per heavy atom. The van der Waals surface area contributed by atoms with Crippen LogP contribution in [0.4, 0.5) is 0 Å². The molecule has 0 radical (unpaired) electrons. The maximum atomic E-state index is 13.2. The first-order valence-electron chi connectivity index (χ1n) is 10.00. The van der Waals surface area contributed by atoms with Crippen LogP contribution >= 0.6 is 11.6 Å². The molecule has 2 aliphatic rings. The Bertz CT molecular complexity index is 677. The quantitative estimate of drug-likeness (QED) is 0.811. The average Bonchev–Trinajstić information content (AvgIpc) is 3.02. The van der Waals surface area contributed by atoms with Crippen LogP contribution in [0.3, 0.4) is 0 Å². The summed E-state index contributed by atoms with van der Waals surface area (Å²) in [6.07, 6.45) is 4.50. The highest BCUT2D eigenvalue weighted by Crippen LogP contribution is 2.38. The zero-order valence-electron chi connectivity index (χ0n) is 16.3. The number of piperidine rings is 1. The van der Waals surface area contributed by atoms with Gasteiger partial charge in [0.1, 0.15) is 5.54 Å². The monoisotopic (exact) mass is 391 g/mol. The summed E-state index contributed by atoms with van der Waals surface area (Å²) in [5, 5.41) is 3.72. The van der Waals surface area contributed by atoms with E-state index in [1.54, 1.807) is 0 Å². The number of nitrogens with one attached hydrogen (secondary N) is 1. The number of hydrogen-bond donors (Lipinski definition) is 1. The number of nitrogens with zero attached hydrogens (tertiary/aromatic N) is 2. The summed E-state index contributed by atoms with van der Waals surface area (Å²) in [6.45, 7) is 6.69. The second-order valence-corrected chi connectivity index (χ2v) is 8.42. The summed E-state index contributed by atoms with van der Waals surface area (Å²) in [7, 11) is 0. The molecular weight excluding hydrogens is 362 g/mol. The van der Waals surface area contributed by atoms with Crippen molar-refractivity contribution in [1.29, 1.82) is 0 Å². The Balaban J connectivity index is 1.55. The minimum atomic E-state index is -0.462. The van der Waals surface area contributed by atoms with E-state index >= 15 is 0 Å². The molecule has 3 rings (SSSR count). The van der Waals surface area contributed by atoms with Crippen LogP contribution in [0.25, 0.3) is 0 Å². The smallest absolute Gasteiger partial charge is 0.243 e. The molecule has 2 saturated heterocycles. The standard InChI is InChI=1S/C21H30ClN3O2/c1-16(2)25-14-4-11-21(20(25)27)10-3-13-24(21)15-19(26)23-12-9-17-5-7-18(22)8-6-17/h5-8,16H,3-4,9-15H2,1-2H3,(H,23,26). The van der Waals surface area contributed by atoms with Crippen LogP contribution in [0.1, 0.15) is 45.1 Å². The number of likely N-dealkylation sites (tertiary alicyclic amines) is 2. The Labute approximate surface area is 167 Å². The van der Waals surface area contributed by atoms with E-state index < -0.39 is 5.54 Å². The molecule has 1 aromatic carbocycles. The fraction of sp³-hybridized carbons (Fsp3) is 0.619. The minimum absolute atomic E-state index is 0.000270. The van der Waals surface area contributed by atoms with Gasteiger partial charge in [0.25, 0.3) is 0 Å². The van der Waals surface area contributed by atoms with Crippen molar-refractivity contribution in [3.8, 4) is 0 Å². The maximum Gasteiger partial charge on any atom is 0.243 e. The maximum absolute atomic E-state index is 13.2. The van der Waals surface area contributed by atoms with Gasteiger partial charge in [0, 0.05) is 24.2 Å². The van der Waals surface area contributed by atoms with Gasteiger partial charge in [-0.25, -0.2) is 0 Å². The third-order valence-electron chi connectivity index (χ3n) is 5.88. The van der Waals surface area contributed by atoms with Gasteiger partial charge in [0.05, 0.1) is 6.54 Å². The summed E-state index contributed by atoms with van der Waals surface area (Å²) in [5.41, 5.74) is 0.683. The highest BCUT2D eigenvalue weighted by Gasteiger charge is 2.51. The molecule has 27 heavy (non-hydrogen) atoms. The molecule has 1 unspecified atom stereocenters. The van der Waals surface area contributed by atoms with Gasteiger partial charge in [0.2, 0.25) is 11.8 Å². The molecule has 2 aliphatic heterocycles. The van der Waals surface area contributed by atoms with Crippen LogP contribution < -0.4 is 5.32 Å². The topological polar surface area (TPSA) is 52.6 Å². The first kappa shape index (κ1) is 20.2. The second-order valence-electron chi connectivity index (χ2n) is 7.98. The van der Waals surface area contributed by atoms with Gasteiger partial charge in [-0.1, -0.05) is 23.7 Å². The lowest BCUT2D eigenvalue weighted by atomic mass is 9.84. The molecule has 0 bridgehead atoms. The molecule has 1 atom stereocenters. The number of carbonyl (C=O) groups is 2. The molecule has 1 N–H and O–H groups in total. The Kier molecular flexibility index (Phi) is 6.43. The van der Waals surface area contributed by atoms with Crippen molar-refractivity contribution in [2.75, 3.05) is 26.2 Å². The van der Waals surface area contributed by atoms with Crippen molar-refractivity contribution in [1.82, 2.24) is 15.1 Å². The van der Waals surface area contributed by atoms with Crippen LogP contribution in [-0.4, -0.2) is 59.4 Å². The predicted octanol–water partition coefficient (Wildman–Crippen LogP) is 2.86. The second kappa shape index (κ2) is 8.61. The van der Waals surface area contributed by atoms with Crippen molar-refractivity contribution >= 4 is 23.4 Å². The van der Waals surface area contributed by atoms with Gasteiger partial charge in [-0.15, -0.1) is 0 Å². The van der Waals surface area contributed by atoms with Crippen molar-refractivity contribution in [2.24, 2.45) is 0 Å². The van der Waals surface area contributed by atoms with Gasteiger partial charge < -0.3 is 10.2 Å². The average molecular weight is 392 g/mol. The van der Waals surface area contributed by atoms with Gasteiger partial charge in [-0.3, -0.25) is 14.5 Å². The van der Waals surface area contributed by atoms with Crippen molar-refractivity contribution < 1.29 is 9.59 Å². The highest BCUT2D eigenvalue weighted by molar-refractivity contribution is 6.30. The molecule has 1 spiro atoms. The molecule has 5 nitrogen and oxygen atoms in total. The van der Waals surface area contributed by atoms with Crippen LogP contribution in [0.2, 0.25) is 5.02 Å². The summed E-state index contributed by atoms with van der Waals surface area (Å²) in [4.78, 5) is 29.8. The summed E-state index contributed by atoms with van der Waals surface area (Å²) < 4.78 is 0. The molecule has 148 valence electrons. The van der Waals surface area contributed by atoms with Gasteiger partial charge in [-0.2, -0.15) is 0 Å². The lowest BCUT2D eigenvalue weighted by Crippen LogP contribution is -2.62. The SMILES string of the molecule is CC(C)N1CCCC2(CCCN2CC(=O)NCCc2ccc(Cl)cc2)C1=O. The van der Waals surface area contributed by atoms with Crippen LogP contribution in [0, 0.1) is 0 Å². The van der Waals surface area contributed by atoms with E-state index in [0.29, 0.717) is 13.1 Å². The first-order chi connectivity index (χ1) is 12.9. The summed E-state index contributed by atoms with van der Waals surface area (Å²) >= 11 is 5.90. The number of halogens is 1. The third kappa shape index (κ3) is 4.46. The van der Waals surface area contributed by atoms with E-state index in [9.17, 15) is 9.59 Å². The molecule has 1 aromatic rings. The molecule has 2 amide bonds. The van der Waals surface area contributed by atoms with E-state index in [-0.39, 0.29) is 17.9 Å². The number of carbonyl (C=O) groups excluding carboxylic acids is 2. The van der Waals surface area contributed by atoms with Crippen LogP contribution in [-0.2, 0) is 16.0 Å². The summed E-state index contributed by atoms with van der Waals surface area (Å²) in [6, 6.07) is 7.89. The third-order valence-corrected chi connectivity index (χ3v) is 6.13. The number of amides is 2. The lowest BCUT2D eigenvalue weighted by molar-refractivity contribution is -0.150. The molecule has 0 aliphatic carbocycles. The normalized spacial score (nSPS) is 23.4. The van der Waals surface area contributed by atoms with E-state index in [0.717, 1.165) is 55.8 Å². The van der Waals surface area contributed by atoms with E-state index in [2.05, 4.69) is 24.1 Å². The molecule has 0 aromatic heterocycles. The van der Waals surface area contributed by atoms with Crippen LogP contribution in [0.15, 0.2) is 24.3 Å². The van der Waals surface area contributed by atoms with Gasteiger partial charge in [-0.05, 0) is 70.2 Å². The predicted molar refractivity (Wildman–Crippen MR) is 108 cm³/mol.